The van der Waals surface area contributed by atoms with Crippen LogP contribution >= 0.6 is 0 Å². The Morgan fingerprint density at radius 3 is 2.71 bits per heavy atom. The van der Waals surface area contributed by atoms with Gasteiger partial charge in [0, 0.05) is 32.4 Å². The molecule has 0 saturated carbocycles. The topological polar surface area (TPSA) is 88.6 Å². The van der Waals surface area contributed by atoms with Crippen LogP contribution in [0.1, 0.15) is 10.4 Å². The van der Waals surface area contributed by atoms with E-state index < -0.39 is 5.97 Å². The number of nitrogens with two attached hydrogens (primary N) is 1. The molecule has 110 valence electrons. The summed E-state index contributed by atoms with van der Waals surface area (Å²) in [5.41, 5.74) is 7.13. The van der Waals surface area contributed by atoms with Gasteiger partial charge in [0.15, 0.2) is 0 Å². The van der Waals surface area contributed by atoms with Gasteiger partial charge in [0.25, 0.3) is 5.56 Å². The number of hydrogen-bond donors (Lipinski definition) is 2. The van der Waals surface area contributed by atoms with Crippen molar-refractivity contribution in [1.29, 1.82) is 0 Å². The standard InChI is InChI=1S/C15H17N3O3/c1-17(8-9-18-7-3-2-4-14(18)19)13-6-5-11(15(20)21)10-12(13)16/h2-7,10H,8-9,16H2,1H3,(H,20,21). The lowest BCUT2D eigenvalue weighted by Gasteiger charge is -2.21. The molecule has 2 rings (SSSR count). The molecule has 1 aromatic heterocycles. The van der Waals surface area contributed by atoms with Crippen LogP contribution in [0.15, 0.2) is 47.4 Å². The van der Waals surface area contributed by atoms with Crippen molar-refractivity contribution in [2.24, 2.45) is 0 Å². The molecule has 0 aliphatic carbocycles. The lowest BCUT2D eigenvalue weighted by atomic mass is 10.1. The predicted octanol–water partition coefficient (Wildman–Crippen LogP) is 1.27. The molecule has 3 N–H and O–H groups in total. The Morgan fingerprint density at radius 2 is 2.10 bits per heavy atom. The van der Waals surface area contributed by atoms with E-state index in [0.717, 1.165) is 5.69 Å². The summed E-state index contributed by atoms with van der Waals surface area (Å²) in [5, 5.41) is 8.91. The van der Waals surface area contributed by atoms with Crippen molar-refractivity contribution in [3.8, 4) is 0 Å². The average molecular weight is 287 g/mol. The quantitative estimate of drug-likeness (QED) is 0.808. The number of nitrogen functional groups attached to an aromatic ring is 1. The highest BCUT2D eigenvalue weighted by molar-refractivity contribution is 5.90. The first kappa shape index (κ1) is 14.6. The number of pyridine rings is 1. The Bertz CT molecular complexity index is 709. The van der Waals surface area contributed by atoms with Gasteiger partial charge in [-0.05, 0) is 24.3 Å². The minimum absolute atomic E-state index is 0.0555. The number of hydrogen-bond acceptors (Lipinski definition) is 4. The Morgan fingerprint density at radius 1 is 1.33 bits per heavy atom. The van der Waals surface area contributed by atoms with Crippen molar-refractivity contribution in [2.75, 3.05) is 24.2 Å². The van der Waals surface area contributed by atoms with Crippen LogP contribution in [0.5, 0.6) is 0 Å². The van der Waals surface area contributed by atoms with Crippen molar-refractivity contribution in [2.45, 2.75) is 6.54 Å². The molecule has 6 heteroatoms. The van der Waals surface area contributed by atoms with Crippen molar-refractivity contribution in [1.82, 2.24) is 4.57 Å². The molecule has 0 aliphatic rings. The fourth-order valence-electron chi connectivity index (χ4n) is 2.06. The highest BCUT2D eigenvalue weighted by atomic mass is 16.4. The molecule has 0 atom stereocenters. The van der Waals surface area contributed by atoms with Crippen molar-refractivity contribution < 1.29 is 9.90 Å². The van der Waals surface area contributed by atoms with E-state index in [1.165, 1.54) is 18.2 Å². The van der Waals surface area contributed by atoms with Gasteiger partial charge in [0.2, 0.25) is 0 Å². The van der Waals surface area contributed by atoms with Gasteiger partial charge >= 0.3 is 5.97 Å². The first-order valence-corrected chi connectivity index (χ1v) is 6.48. The summed E-state index contributed by atoms with van der Waals surface area (Å²) >= 11 is 0. The zero-order chi connectivity index (χ0) is 15.4. The molecule has 21 heavy (non-hydrogen) atoms. The monoisotopic (exact) mass is 287 g/mol. The second-order valence-electron chi connectivity index (χ2n) is 4.73. The van der Waals surface area contributed by atoms with Crippen LogP contribution in [-0.4, -0.2) is 29.2 Å². The first-order chi connectivity index (χ1) is 9.99. The van der Waals surface area contributed by atoms with Gasteiger partial charge in [-0.2, -0.15) is 0 Å². The maximum absolute atomic E-state index is 11.6. The number of carboxylic acids is 1. The SMILES string of the molecule is CN(CCn1ccccc1=O)c1ccc(C(=O)O)cc1N. The molecule has 0 radical (unpaired) electrons. The van der Waals surface area contributed by atoms with Crippen molar-refractivity contribution in [3.05, 3.63) is 58.5 Å². The molecule has 2 aromatic rings. The molecule has 0 unspecified atom stereocenters. The summed E-state index contributed by atoms with van der Waals surface area (Å²) in [7, 11) is 1.85. The van der Waals surface area contributed by atoms with Crippen LogP contribution in [0.3, 0.4) is 0 Å². The molecule has 0 spiro atoms. The van der Waals surface area contributed by atoms with Crippen molar-refractivity contribution in [3.63, 3.8) is 0 Å². The van der Waals surface area contributed by atoms with Gasteiger partial charge in [-0.1, -0.05) is 6.07 Å². The van der Waals surface area contributed by atoms with Gasteiger partial charge in [-0.25, -0.2) is 4.79 Å². The van der Waals surface area contributed by atoms with Gasteiger partial charge in [-0.3, -0.25) is 4.79 Å². The molecule has 6 nitrogen and oxygen atoms in total. The number of nitrogens with zero attached hydrogens (tertiary/aromatic N) is 2. The molecule has 0 amide bonds. The third-order valence-corrected chi connectivity index (χ3v) is 3.26. The minimum Gasteiger partial charge on any atom is -0.478 e. The van der Waals surface area contributed by atoms with E-state index in [0.29, 0.717) is 18.8 Å². The largest absolute Gasteiger partial charge is 0.478 e. The van der Waals surface area contributed by atoms with E-state index in [1.54, 1.807) is 29.0 Å². The van der Waals surface area contributed by atoms with E-state index >= 15 is 0 Å². The maximum Gasteiger partial charge on any atom is 0.335 e. The van der Waals surface area contributed by atoms with Gasteiger partial charge in [0.05, 0.1) is 16.9 Å². The van der Waals surface area contributed by atoms with Crippen LogP contribution in [0.2, 0.25) is 0 Å². The lowest BCUT2D eigenvalue weighted by Crippen LogP contribution is -2.28. The molecule has 1 heterocycles. The molecule has 0 bridgehead atoms. The third-order valence-electron chi connectivity index (χ3n) is 3.26. The predicted molar refractivity (Wildman–Crippen MR) is 81.8 cm³/mol. The Hall–Kier alpha value is -2.76. The van der Waals surface area contributed by atoms with E-state index in [9.17, 15) is 9.59 Å². The number of likely N-dealkylation sites (N-methyl/N-ethyl adjacent to an activating group) is 1. The number of carbonyl (C=O) groups is 1. The number of benzene rings is 1. The molecule has 0 fully saturated rings. The highest BCUT2D eigenvalue weighted by Gasteiger charge is 2.09. The Kier molecular flexibility index (Phi) is 4.27. The third kappa shape index (κ3) is 3.42. The highest BCUT2D eigenvalue weighted by Crippen LogP contribution is 2.23. The zero-order valence-corrected chi connectivity index (χ0v) is 11.7. The number of aromatic nitrogens is 1. The number of anilines is 2. The molecular weight excluding hydrogens is 270 g/mol. The summed E-state index contributed by atoms with van der Waals surface area (Å²) in [4.78, 5) is 24.4. The minimum atomic E-state index is -1.01. The molecule has 0 saturated heterocycles. The molecular formula is C15H17N3O3. The fraction of sp³-hybridized carbons (Fsp3) is 0.200. The summed E-state index contributed by atoms with van der Waals surface area (Å²) in [6.45, 7) is 1.11. The summed E-state index contributed by atoms with van der Waals surface area (Å²) in [5.74, 6) is -1.01. The first-order valence-electron chi connectivity index (χ1n) is 6.48. The second kappa shape index (κ2) is 6.13. The van der Waals surface area contributed by atoms with Gasteiger partial charge < -0.3 is 20.3 Å². The average Bonchev–Trinajstić information content (AvgIpc) is 2.46. The molecule has 0 aliphatic heterocycles. The summed E-state index contributed by atoms with van der Waals surface area (Å²) in [6, 6.07) is 9.63. The van der Waals surface area contributed by atoms with Crippen molar-refractivity contribution >= 4 is 17.3 Å². The van der Waals surface area contributed by atoms with Crippen LogP contribution in [0.25, 0.3) is 0 Å². The van der Waals surface area contributed by atoms with Crippen LogP contribution < -0.4 is 16.2 Å². The number of rotatable bonds is 5. The van der Waals surface area contributed by atoms with Crippen LogP contribution in [0, 0.1) is 0 Å². The van der Waals surface area contributed by atoms with Crippen LogP contribution in [-0.2, 0) is 6.54 Å². The number of aromatic carboxylic acids is 1. The van der Waals surface area contributed by atoms with E-state index in [-0.39, 0.29) is 11.1 Å². The van der Waals surface area contributed by atoms with E-state index in [1.807, 2.05) is 11.9 Å². The normalized spacial score (nSPS) is 10.3. The summed E-state index contributed by atoms with van der Waals surface area (Å²) < 4.78 is 1.61. The Labute approximate surface area is 122 Å². The van der Waals surface area contributed by atoms with Crippen LogP contribution in [0.4, 0.5) is 11.4 Å². The lowest BCUT2D eigenvalue weighted by molar-refractivity contribution is 0.0697. The Balaban J connectivity index is 2.10. The van der Waals surface area contributed by atoms with E-state index in [2.05, 4.69) is 0 Å². The second-order valence-corrected chi connectivity index (χ2v) is 4.73. The maximum atomic E-state index is 11.6. The van der Waals surface area contributed by atoms with E-state index in [4.69, 9.17) is 10.8 Å². The van der Waals surface area contributed by atoms with Gasteiger partial charge in [-0.15, -0.1) is 0 Å². The van der Waals surface area contributed by atoms with Gasteiger partial charge in [0.1, 0.15) is 0 Å². The fourth-order valence-corrected chi connectivity index (χ4v) is 2.06. The summed E-state index contributed by atoms with van der Waals surface area (Å²) in [6.07, 6.45) is 1.73. The smallest absolute Gasteiger partial charge is 0.335 e. The zero-order valence-electron chi connectivity index (χ0n) is 11.7. The number of carboxylic acid groups (broad SMARTS) is 1. The molecule has 1 aromatic carbocycles.